The van der Waals surface area contributed by atoms with Gasteiger partial charge in [0, 0.05) is 18.5 Å². The van der Waals surface area contributed by atoms with E-state index in [1.807, 2.05) is 55.5 Å². The molecule has 6 nitrogen and oxygen atoms in total. The molecule has 0 saturated heterocycles. The van der Waals surface area contributed by atoms with Gasteiger partial charge in [-0.1, -0.05) is 67.1 Å². The molecule has 1 amide bonds. The van der Waals surface area contributed by atoms with Crippen molar-refractivity contribution < 1.29 is 9.21 Å². The molecule has 0 bridgehead atoms. The predicted molar refractivity (Wildman–Crippen MR) is 124 cm³/mol. The summed E-state index contributed by atoms with van der Waals surface area (Å²) in [5.41, 5.74) is 3.50. The van der Waals surface area contributed by atoms with E-state index in [-0.39, 0.29) is 22.8 Å². The van der Waals surface area contributed by atoms with Gasteiger partial charge in [0.25, 0.3) is 5.56 Å². The zero-order valence-electron chi connectivity index (χ0n) is 17.7. The van der Waals surface area contributed by atoms with E-state index in [4.69, 9.17) is 9.40 Å². The van der Waals surface area contributed by atoms with Gasteiger partial charge in [0.05, 0.1) is 5.75 Å². The minimum atomic E-state index is -0.197. The largest absolute Gasteiger partial charge is 0.448 e. The number of para-hydroxylation sites is 1. The SMILES string of the molecule is CCCCn1c(SCC(=O)NCc2ccc(C)cc2)nc2c(oc3ccccc32)c1=O. The van der Waals surface area contributed by atoms with Crippen LogP contribution in [0.4, 0.5) is 0 Å². The van der Waals surface area contributed by atoms with Crippen LogP contribution in [0.5, 0.6) is 0 Å². The number of rotatable bonds is 8. The molecule has 4 rings (SSSR count). The first-order chi connectivity index (χ1) is 15.1. The maximum absolute atomic E-state index is 13.1. The number of nitrogens with one attached hydrogen (secondary N) is 1. The van der Waals surface area contributed by atoms with Gasteiger partial charge in [0.15, 0.2) is 5.16 Å². The molecule has 160 valence electrons. The van der Waals surface area contributed by atoms with Crippen LogP contribution in [0.1, 0.15) is 30.9 Å². The summed E-state index contributed by atoms with van der Waals surface area (Å²) in [6.07, 6.45) is 1.80. The highest BCUT2D eigenvalue weighted by molar-refractivity contribution is 7.99. The van der Waals surface area contributed by atoms with Crippen molar-refractivity contribution in [3.8, 4) is 0 Å². The van der Waals surface area contributed by atoms with Crippen LogP contribution in [0.15, 0.2) is 62.9 Å². The van der Waals surface area contributed by atoms with E-state index >= 15 is 0 Å². The van der Waals surface area contributed by atoms with Crippen molar-refractivity contribution in [3.63, 3.8) is 0 Å². The molecular weight excluding hydrogens is 410 g/mol. The van der Waals surface area contributed by atoms with Crippen LogP contribution >= 0.6 is 11.8 Å². The molecule has 0 spiro atoms. The number of amides is 1. The summed E-state index contributed by atoms with van der Waals surface area (Å²) in [5.74, 6) is 0.0881. The number of unbranched alkanes of at least 4 members (excludes halogenated alkanes) is 1. The Bertz CT molecular complexity index is 1280. The van der Waals surface area contributed by atoms with Gasteiger partial charge in [-0.15, -0.1) is 0 Å². The quantitative estimate of drug-likeness (QED) is 0.322. The van der Waals surface area contributed by atoms with Crippen LogP contribution in [-0.4, -0.2) is 21.2 Å². The first-order valence-corrected chi connectivity index (χ1v) is 11.4. The molecule has 0 aliphatic carbocycles. The second kappa shape index (κ2) is 9.39. The van der Waals surface area contributed by atoms with Gasteiger partial charge < -0.3 is 9.73 Å². The molecule has 7 heteroatoms. The second-order valence-corrected chi connectivity index (χ2v) is 8.47. The maximum Gasteiger partial charge on any atom is 0.297 e. The third-order valence-electron chi connectivity index (χ3n) is 5.12. The summed E-state index contributed by atoms with van der Waals surface area (Å²) in [4.78, 5) is 30.3. The molecule has 0 aliphatic rings. The normalized spacial score (nSPS) is 11.3. The van der Waals surface area contributed by atoms with Gasteiger partial charge >= 0.3 is 0 Å². The molecule has 4 aromatic rings. The standard InChI is InChI=1S/C24H25N3O3S/c1-3-4-13-27-23(29)22-21(18-7-5-6-8-19(18)30-22)26-24(27)31-15-20(28)25-14-17-11-9-16(2)10-12-17/h5-12H,3-4,13-15H2,1-2H3,(H,25,28). The molecule has 2 aromatic carbocycles. The van der Waals surface area contributed by atoms with Crippen molar-refractivity contribution in [1.82, 2.24) is 14.9 Å². The summed E-state index contributed by atoms with van der Waals surface area (Å²) in [7, 11) is 0. The molecule has 0 saturated carbocycles. The molecule has 0 aliphatic heterocycles. The average molecular weight is 436 g/mol. The van der Waals surface area contributed by atoms with Crippen LogP contribution in [-0.2, 0) is 17.9 Å². The van der Waals surface area contributed by atoms with Crippen LogP contribution < -0.4 is 10.9 Å². The Hall–Kier alpha value is -3.06. The Labute approximate surface area is 184 Å². The monoisotopic (exact) mass is 435 g/mol. The minimum Gasteiger partial charge on any atom is -0.448 e. The van der Waals surface area contributed by atoms with Crippen molar-refractivity contribution in [3.05, 3.63) is 70.0 Å². The van der Waals surface area contributed by atoms with Crippen molar-refractivity contribution in [2.45, 2.75) is 44.9 Å². The molecule has 1 N–H and O–H groups in total. The fourth-order valence-electron chi connectivity index (χ4n) is 3.36. The highest BCUT2D eigenvalue weighted by atomic mass is 32.2. The number of furan rings is 1. The summed E-state index contributed by atoms with van der Waals surface area (Å²) in [6.45, 7) is 5.12. The fourth-order valence-corrected chi connectivity index (χ4v) is 4.21. The Morgan fingerprint density at radius 2 is 1.94 bits per heavy atom. The van der Waals surface area contributed by atoms with Crippen LogP contribution in [0.2, 0.25) is 0 Å². The molecule has 2 heterocycles. The lowest BCUT2D eigenvalue weighted by Crippen LogP contribution is -2.26. The number of benzene rings is 2. The van der Waals surface area contributed by atoms with Crippen molar-refractivity contribution in [2.24, 2.45) is 0 Å². The summed E-state index contributed by atoms with van der Waals surface area (Å²) < 4.78 is 7.43. The highest BCUT2D eigenvalue weighted by Gasteiger charge is 2.18. The number of aromatic nitrogens is 2. The van der Waals surface area contributed by atoms with Gasteiger partial charge in [0.1, 0.15) is 11.1 Å². The number of carbonyl (C=O) groups excluding carboxylic acids is 1. The van der Waals surface area contributed by atoms with Gasteiger partial charge in [-0.05, 0) is 31.0 Å². The maximum atomic E-state index is 13.1. The lowest BCUT2D eigenvalue weighted by molar-refractivity contribution is -0.118. The zero-order chi connectivity index (χ0) is 21.8. The van der Waals surface area contributed by atoms with E-state index in [0.29, 0.717) is 29.3 Å². The first-order valence-electron chi connectivity index (χ1n) is 10.4. The third kappa shape index (κ3) is 4.66. The Morgan fingerprint density at radius 3 is 2.71 bits per heavy atom. The Morgan fingerprint density at radius 1 is 1.16 bits per heavy atom. The molecule has 0 radical (unpaired) electrons. The van der Waals surface area contributed by atoms with Crippen LogP contribution in [0, 0.1) is 6.92 Å². The van der Waals surface area contributed by atoms with E-state index in [2.05, 4.69) is 12.2 Å². The lowest BCUT2D eigenvalue weighted by Gasteiger charge is -2.11. The summed E-state index contributed by atoms with van der Waals surface area (Å²) in [5, 5.41) is 4.29. The Kier molecular flexibility index (Phi) is 6.42. The number of carbonyl (C=O) groups is 1. The van der Waals surface area contributed by atoms with Crippen molar-refractivity contribution >= 4 is 39.7 Å². The van der Waals surface area contributed by atoms with Gasteiger partial charge in [-0.3, -0.25) is 14.2 Å². The second-order valence-electron chi connectivity index (χ2n) is 7.53. The van der Waals surface area contributed by atoms with E-state index < -0.39 is 0 Å². The fraction of sp³-hybridized carbons (Fsp3) is 0.292. The number of hydrogen-bond acceptors (Lipinski definition) is 5. The number of nitrogens with zero attached hydrogens (tertiary/aromatic N) is 2. The lowest BCUT2D eigenvalue weighted by atomic mass is 10.1. The molecule has 31 heavy (non-hydrogen) atoms. The van der Waals surface area contributed by atoms with E-state index in [9.17, 15) is 9.59 Å². The number of hydrogen-bond donors (Lipinski definition) is 1. The molecule has 0 fully saturated rings. The smallest absolute Gasteiger partial charge is 0.297 e. The third-order valence-corrected chi connectivity index (χ3v) is 6.10. The summed E-state index contributed by atoms with van der Waals surface area (Å²) in [6, 6.07) is 15.6. The molecule has 2 aromatic heterocycles. The first kappa shape index (κ1) is 21.2. The van der Waals surface area contributed by atoms with Gasteiger partial charge in [-0.2, -0.15) is 0 Å². The molecule has 0 atom stereocenters. The zero-order valence-corrected chi connectivity index (χ0v) is 18.5. The van der Waals surface area contributed by atoms with Crippen LogP contribution in [0.25, 0.3) is 22.1 Å². The summed E-state index contributed by atoms with van der Waals surface area (Å²) >= 11 is 1.28. The highest BCUT2D eigenvalue weighted by Crippen LogP contribution is 2.27. The average Bonchev–Trinajstić information content (AvgIpc) is 3.16. The number of thioether (sulfide) groups is 1. The van der Waals surface area contributed by atoms with Crippen molar-refractivity contribution in [1.29, 1.82) is 0 Å². The number of aryl methyl sites for hydroxylation is 1. The molecule has 0 unspecified atom stereocenters. The Balaban J connectivity index is 1.56. The van der Waals surface area contributed by atoms with Gasteiger partial charge in [-0.25, -0.2) is 4.98 Å². The van der Waals surface area contributed by atoms with E-state index in [0.717, 1.165) is 23.8 Å². The van der Waals surface area contributed by atoms with Crippen LogP contribution in [0.3, 0.4) is 0 Å². The molecular formula is C24H25N3O3S. The van der Waals surface area contributed by atoms with E-state index in [1.165, 1.54) is 17.3 Å². The number of fused-ring (bicyclic) bond motifs is 3. The van der Waals surface area contributed by atoms with Gasteiger partial charge in [0.2, 0.25) is 11.5 Å². The topological polar surface area (TPSA) is 77.1 Å². The van der Waals surface area contributed by atoms with Crippen molar-refractivity contribution in [2.75, 3.05) is 5.75 Å². The minimum absolute atomic E-state index is 0.0981. The predicted octanol–water partition coefficient (Wildman–Crippen LogP) is 4.66. The van der Waals surface area contributed by atoms with E-state index in [1.54, 1.807) is 4.57 Å².